The highest BCUT2D eigenvalue weighted by molar-refractivity contribution is 7.94. The van der Waals surface area contributed by atoms with Crippen LogP contribution in [0.25, 0.3) is 0 Å². The smallest absolute Gasteiger partial charge is 0.210 e. The molecule has 0 spiro atoms. The lowest BCUT2D eigenvalue weighted by Crippen LogP contribution is -2.46. The molecule has 2 unspecified atom stereocenters. The van der Waals surface area contributed by atoms with Gasteiger partial charge in [0.15, 0.2) is 9.84 Å². The van der Waals surface area contributed by atoms with Crippen molar-refractivity contribution >= 4 is 32.8 Å². The summed E-state index contributed by atoms with van der Waals surface area (Å²) < 4.78 is 26.8. The summed E-state index contributed by atoms with van der Waals surface area (Å²) in [6.07, 6.45) is 0. The maximum atomic E-state index is 13.4. The number of benzene rings is 2. The van der Waals surface area contributed by atoms with Crippen molar-refractivity contribution in [2.75, 3.05) is 13.1 Å². The number of nitrogens with one attached hydrogen (secondary N) is 2. The zero-order valence-electron chi connectivity index (χ0n) is 15.3. The van der Waals surface area contributed by atoms with Gasteiger partial charge in [-0.2, -0.15) is 10.2 Å². The fourth-order valence-electron chi connectivity index (χ4n) is 3.38. The summed E-state index contributed by atoms with van der Waals surface area (Å²) in [5, 5.41) is 5.59. The van der Waals surface area contributed by atoms with Gasteiger partial charge in [0, 0.05) is 11.1 Å². The van der Waals surface area contributed by atoms with Gasteiger partial charge in [0.05, 0.1) is 13.1 Å². The average Bonchev–Trinajstić information content (AvgIpc) is 3.44. The molecule has 4 rings (SSSR count). The number of hydrazone groups is 2. The standard InChI is InChI=1S/C20H18N4O4S/c25-19(13-7-3-1-4-8-13)17-15(11-21-23-17)29(27,28)16-12-22-24-18(16)20(26)14-9-5-2-6-10-14/h1-10,15-16,21-22H,11-12H2. The second kappa shape index (κ2) is 7.59. The maximum absolute atomic E-state index is 13.4. The minimum atomic E-state index is -3.97. The van der Waals surface area contributed by atoms with Gasteiger partial charge in [-0.15, -0.1) is 0 Å². The summed E-state index contributed by atoms with van der Waals surface area (Å²) in [7, 11) is -3.97. The van der Waals surface area contributed by atoms with Crippen molar-refractivity contribution in [3.8, 4) is 0 Å². The van der Waals surface area contributed by atoms with E-state index in [1.54, 1.807) is 60.7 Å². The number of rotatable bonds is 6. The molecule has 0 radical (unpaired) electrons. The minimum Gasteiger partial charge on any atom is -0.308 e. The van der Waals surface area contributed by atoms with Crippen LogP contribution in [-0.4, -0.2) is 55.0 Å². The number of carbonyl (C=O) groups is 2. The largest absolute Gasteiger partial charge is 0.308 e. The van der Waals surface area contributed by atoms with Gasteiger partial charge in [0.2, 0.25) is 11.6 Å². The maximum Gasteiger partial charge on any atom is 0.210 e. The van der Waals surface area contributed by atoms with Crippen molar-refractivity contribution in [2.24, 2.45) is 10.2 Å². The summed E-state index contributed by atoms with van der Waals surface area (Å²) >= 11 is 0. The zero-order chi connectivity index (χ0) is 20.4. The van der Waals surface area contributed by atoms with E-state index in [2.05, 4.69) is 21.1 Å². The minimum absolute atomic E-state index is 0.0282. The van der Waals surface area contributed by atoms with E-state index >= 15 is 0 Å². The molecule has 2 aliphatic rings. The fourth-order valence-corrected chi connectivity index (χ4v) is 5.33. The summed E-state index contributed by atoms with van der Waals surface area (Å²) in [4.78, 5) is 25.6. The van der Waals surface area contributed by atoms with Crippen molar-refractivity contribution in [2.45, 2.75) is 10.5 Å². The van der Waals surface area contributed by atoms with Gasteiger partial charge in [0.25, 0.3) is 0 Å². The van der Waals surface area contributed by atoms with Crippen molar-refractivity contribution in [3.63, 3.8) is 0 Å². The van der Waals surface area contributed by atoms with Gasteiger partial charge in [0.1, 0.15) is 21.9 Å². The van der Waals surface area contributed by atoms with Crippen LogP contribution in [0.2, 0.25) is 0 Å². The predicted octanol–water partition coefficient (Wildman–Crippen LogP) is 0.823. The van der Waals surface area contributed by atoms with Gasteiger partial charge in [-0.05, 0) is 0 Å². The Balaban J connectivity index is 1.62. The summed E-state index contributed by atoms with van der Waals surface area (Å²) in [6.45, 7) is -0.0565. The molecule has 2 aromatic carbocycles. The SMILES string of the molecule is O=C(C1=NNCC1S(=O)(=O)C1CNN=C1C(=O)c1ccccc1)c1ccccc1. The molecule has 8 nitrogen and oxygen atoms in total. The van der Waals surface area contributed by atoms with Crippen molar-refractivity contribution in [1.29, 1.82) is 0 Å². The monoisotopic (exact) mass is 410 g/mol. The Hall–Kier alpha value is -3.33. The first-order valence-corrected chi connectivity index (χ1v) is 10.6. The summed E-state index contributed by atoms with van der Waals surface area (Å²) in [6, 6.07) is 16.8. The molecule has 148 valence electrons. The molecule has 2 atom stereocenters. The van der Waals surface area contributed by atoms with E-state index in [4.69, 9.17) is 0 Å². The Kier molecular flexibility index (Phi) is 4.98. The van der Waals surface area contributed by atoms with Crippen LogP contribution in [0.15, 0.2) is 70.9 Å². The number of carbonyl (C=O) groups excluding carboxylic acids is 2. The van der Waals surface area contributed by atoms with E-state index in [0.717, 1.165) is 0 Å². The highest BCUT2D eigenvalue weighted by Crippen LogP contribution is 2.21. The first-order chi connectivity index (χ1) is 14.0. The number of ketones is 2. The lowest BCUT2D eigenvalue weighted by atomic mass is 10.0. The van der Waals surface area contributed by atoms with Gasteiger partial charge in [-0.25, -0.2) is 8.42 Å². The third-order valence-corrected chi connectivity index (χ3v) is 7.26. The summed E-state index contributed by atoms with van der Waals surface area (Å²) in [5.74, 6) is -0.911. The lowest BCUT2D eigenvalue weighted by Gasteiger charge is -2.18. The second-order valence-electron chi connectivity index (χ2n) is 6.68. The van der Waals surface area contributed by atoms with E-state index in [1.165, 1.54) is 0 Å². The molecule has 2 heterocycles. The molecule has 0 fully saturated rings. The molecule has 2 aliphatic heterocycles. The van der Waals surface area contributed by atoms with Gasteiger partial charge < -0.3 is 10.9 Å². The Bertz CT molecular complexity index is 1030. The quantitative estimate of drug-likeness (QED) is 0.681. The molecule has 9 heteroatoms. The molecular formula is C20H18N4O4S. The third-order valence-electron chi connectivity index (χ3n) is 4.89. The van der Waals surface area contributed by atoms with E-state index in [1.807, 2.05) is 0 Å². The van der Waals surface area contributed by atoms with E-state index in [-0.39, 0.29) is 24.5 Å². The van der Waals surface area contributed by atoms with E-state index < -0.39 is 31.9 Å². The van der Waals surface area contributed by atoms with Crippen LogP contribution >= 0.6 is 0 Å². The van der Waals surface area contributed by atoms with Crippen molar-refractivity contribution in [3.05, 3.63) is 71.8 Å². The first-order valence-electron chi connectivity index (χ1n) is 9.03. The van der Waals surface area contributed by atoms with Crippen LogP contribution in [-0.2, 0) is 9.84 Å². The van der Waals surface area contributed by atoms with Gasteiger partial charge in [-0.1, -0.05) is 60.7 Å². The van der Waals surface area contributed by atoms with Crippen molar-refractivity contribution < 1.29 is 18.0 Å². The number of Topliss-reactive ketones (excluding diaryl/α,β-unsaturated/α-hetero) is 2. The molecule has 2 aromatic rings. The molecule has 0 saturated heterocycles. The van der Waals surface area contributed by atoms with Crippen LogP contribution in [0.5, 0.6) is 0 Å². The van der Waals surface area contributed by atoms with Crippen LogP contribution in [0.4, 0.5) is 0 Å². The average molecular weight is 410 g/mol. The lowest BCUT2D eigenvalue weighted by molar-refractivity contribution is 0.105. The van der Waals surface area contributed by atoms with Crippen LogP contribution in [0, 0.1) is 0 Å². The molecule has 2 N–H and O–H groups in total. The Labute approximate surface area is 167 Å². The number of sulfone groups is 1. The predicted molar refractivity (Wildman–Crippen MR) is 109 cm³/mol. The van der Waals surface area contributed by atoms with E-state index in [9.17, 15) is 18.0 Å². The molecule has 0 aliphatic carbocycles. The normalized spacial score (nSPS) is 21.0. The van der Waals surface area contributed by atoms with Crippen LogP contribution in [0.1, 0.15) is 20.7 Å². The molecule has 29 heavy (non-hydrogen) atoms. The fraction of sp³-hybridized carbons (Fsp3) is 0.200. The highest BCUT2D eigenvalue weighted by Gasteiger charge is 2.47. The van der Waals surface area contributed by atoms with Crippen LogP contribution < -0.4 is 10.9 Å². The topological polar surface area (TPSA) is 117 Å². The molecular weight excluding hydrogens is 392 g/mol. The Morgan fingerprint density at radius 2 is 1.10 bits per heavy atom. The van der Waals surface area contributed by atoms with Crippen molar-refractivity contribution in [1.82, 2.24) is 10.9 Å². The Morgan fingerprint density at radius 1 is 0.724 bits per heavy atom. The molecule has 0 saturated carbocycles. The molecule has 0 amide bonds. The molecule has 0 aromatic heterocycles. The number of hydrogen-bond acceptors (Lipinski definition) is 8. The highest BCUT2D eigenvalue weighted by atomic mass is 32.2. The Morgan fingerprint density at radius 3 is 1.48 bits per heavy atom. The second-order valence-corrected chi connectivity index (χ2v) is 8.99. The van der Waals surface area contributed by atoms with Gasteiger partial charge in [-0.3, -0.25) is 9.59 Å². The number of hydrogen-bond donors (Lipinski definition) is 2. The third kappa shape index (κ3) is 3.44. The molecule has 0 bridgehead atoms. The van der Waals surface area contributed by atoms with E-state index in [0.29, 0.717) is 11.1 Å². The summed E-state index contributed by atoms with van der Waals surface area (Å²) in [5.41, 5.74) is 5.80. The first kappa shape index (κ1) is 19.0. The van der Waals surface area contributed by atoms with Crippen LogP contribution in [0.3, 0.4) is 0 Å². The zero-order valence-corrected chi connectivity index (χ0v) is 16.1. The van der Waals surface area contributed by atoms with Gasteiger partial charge >= 0.3 is 0 Å². The number of nitrogens with zero attached hydrogens (tertiary/aromatic N) is 2.